The molecule has 0 heterocycles. The Balaban J connectivity index is 2.28. The van der Waals surface area contributed by atoms with Gasteiger partial charge in [-0.25, -0.2) is 0 Å². The molecule has 1 amide bonds. The molecule has 0 fully saturated rings. The summed E-state index contributed by atoms with van der Waals surface area (Å²) in [6.45, 7) is 2.66. The zero-order chi connectivity index (χ0) is 13.2. The second-order valence-electron chi connectivity index (χ2n) is 4.24. The average Bonchev–Trinajstić information content (AvgIpc) is 2.42. The van der Waals surface area contributed by atoms with Gasteiger partial charge in [0.05, 0.1) is 5.75 Å². The fourth-order valence-electron chi connectivity index (χ4n) is 1.63. The van der Waals surface area contributed by atoms with Crippen LogP contribution in [0.2, 0.25) is 0 Å². The second-order valence-corrected chi connectivity index (χ2v) is 5.29. The molecule has 0 spiro atoms. The van der Waals surface area contributed by atoms with Crippen LogP contribution in [0.3, 0.4) is 0 Å². The summed E-state index contributed by atoms with van der Waals surface area (Å²) in [5.74, 6) is 0.516. The number of nitrogens with one attached hydrogen (secondary N) is 1. The minimum absolute atomic E-state index is 0.0652. The van der Waals surface area contributed by atoms with E-state index >= 15 is 0 Å². The molecule has 0 saturated heterocycles. The molecule has 100 valence electrons. The number of unbranched alkanes of at least 4 members (excludes halogenated alkanes) is 1. The maximum atomic E-state index is 11.8. The van der Waals surface area contributed by atoms with Crippen LogP contribution in [0.4, 0.5) is 0 Å². The highest BCUT2D eigenvalue weighted by Crippen LogP contribution is 2.16. The van der Waals surface area contributed by atoms with Gasteiger partial charge in [0, 0.05) is 17.5 Å². The van der Waals surface area contributed by atoms with Crippen LogP contribution in [0.5, 0.6) is 0 Å². The van der Waals surface area contributed by atoms with E-state index in [2.05, 4.69) is 12.2 Å². The zero-order valence-corrected chi connectivity index (χ0v) is 11.7. The molecule has 0 radical (unpaired) electrons. The molecule has 0 aliphatic heterocycles. The minimum atomic E-state index is 0.0652. The summed E-state index contributed by atoms with van der Waals surface area (Å²) in [4.78, 5) is 12.9. The second kappa shape index (κ2) is 9.00. The van der Waals surface area contributed by atoms with Gasteiger partial charge >= 0.3 is 0 Å². The van der Waals surface area contributed by atoms with E-state index < -0.39 is 0 Å². The van der Waals surface area contributed by atoms with E-state index in [-0.39, 0.29) is 11.9 Å². The van der Waals surface area contributed by atoms with Gasteiger partial charge in [0.1, 0.15) is 0 Å². The molecule has 0 bridgehead atoms. The first-order valence-corrected chi connectivity index (χ1v) is 7.42. The molecule has 1 unspecified atom stereocenters. The van der Waals surface area contributed by atoms with E-state index in [4.69, 9.17) is 5.73 Å². The minimum Gasteiger partial charge on any atom is -0.351 e. The summed E-state index contributed by atoms with van der Waals surface area (Å²) < 4.78 is 0. The van der Waals surface area contributed by atoms with Crippen LogP contribution < -0.4 is 11.1 Å². The molecular formula is C14H22N2OS. The van der Waals surface area contributed by atoms with E-state index in [0.717, 1.165) is 24.2 Å². The maximum absolute atomic E-state index is 11.8. The standard InChI is InChI=1S/C14H22N2OS/c1-2-3-7-12(10-15)16-14(17)11-18-13-8-5-4-6-9-13/h4-6,8-9,12H,2-3,7,10-11,15H2,1H3,(H,16,17). The number of rotatable bonds is 8. The van der Waals surface area contributed by atoms with E-state index in [1.807, 2.05) is 30.3 Å². The van der Waals surface area contributed by atoms with Crippen LogP contribution >= 0.6 is 11.8 Å². The quantitative estimate of drug-likeness (QED) is 0.710. The topological polar surface area (TPSA) is 55.1 Å². The lowest BCUT2D eigenvalue weighted by molar-refractivity contribution is -0.119. The van der Waals surface area contributed by atoms with Crippen molar-refractivity contribution >= 4 is 17.7 Å². The highest BCUT2D eigenvalue weighted by Gasteiger charge is 2.10. The number of nitrogens with two attached hydrogens (primary N) is 1. The van der Waals surface area contributed by atoms with E-state index in [1.54, 1.807) is 11.8 Å². The molecule has 3 N–H and O–H groups in total. The molecule has 3 nitrogen and oxygen atoms in total. The monoisotopic (exact) mass is 266 g/mol. The highest BCUT2D eigenvalue weighted by atomic mass is 32.2. The summed E-state index contributed by atoms with van der Waals surface area (Å²) in [5, 5.41) is 2.99. The molecule has 1 aromatic carbocycles. The number of amides is 1. The van der Waals surface area contributed by atoms with Crippen LogP contribution in [0.25, 0.3) is 0 Å². The van der Waals surface area contributed by atoms with Crippen molar-refractivity contribution < 1.29 is 4.79 Å². The molecular weight excluding hydrogens is 244 g/mol. The zero-order valence-electron chi connectivity index (χ0n) is 10.9. The Hall–Kier alpha value is -1.00. The van der Waals surface area contributed by atoms with Crippen molar-refractivity contribution in [1.29, 1.82) is 0 Å². The maximum Gasteiger partial charge on any atom is 0.230 e. The Labute approximate surface area is 114 Å². The normalized spacial score (nSPS) is 12.1. The van der Waals surface area contributed by atoms with Gasteiger partial charge in [-0.1, -0.05) is 38.0 Å². The van der Waals surface area contributed by atoms with E-state index in [9.17, 15) is 4.79 Å². The van der Waals surface area contributed by atoms with Crippen LogP contribution in [0.15, 0.2) is 35.2 Å². The smallest absolute Gasteiger partial charge is 0.230 e. The van der Waals surface area contributed by atoms with E-state index in [1.165, 1.54) is 0 Å². The molecule has 1 rings (SSSR count). The number of thioether (sulfide) groups is 1. The predicted octanol–water partition coefficient (Wildman–Crippen LogP) is 2.41. The Morgan fingerprint density at radius 3 is 2.72 bits per heavy atom. The number of carbonyl (C=O) groups excluding carboxylic acids is 1. The average molecular weight is 266 g/mol. The molecule has 0 aliphatic rings. The van der Waals surface area contributed by atoms with Crippen LogP contribution in [-0.2, 0) is 4.79 Å². The fraction of sp³-hybridized carbons (Fsp3) is 0.500. The van der Waals surface area contributed by atoms with E-state index in [0.29, 0.717) is 12.3 Å². The third-order valence-corrected chi connectivity index (χ3v) is 3.68. The summed E-state index contributed by atoms with van der Waals surface area (Å²) in [6, 6.07) is 10.1. The van der Waals surface area contributed by atoms with Crippen LogP contribution in [0.1, 0.15) is 26.2 Å². The molecule has 1 atom stereocenters. The number of hydrogen-bond donors (Lipinski definition) is 2. The van der Waals surface area contributed by atoms with Gasteiger partial charge in [-0.2, -0.15) is 0 Å². The Morgan fingerprint density at radius 2 is 2.11 bits per heavy atom. The van der Waals surface area contributed by atoms with Gasteiger partial charge < -0.3 is 11.1 Å². The van der Waals surface area contributed by atoms with Crippen molar-refractivity contribution in [3.8, 4) is 0 Å². The van der Waals surface area contributed by atoms with Crippen LogP contribution in [-0.4, -0.2) is 24.2 Å². The molecule has 0 aliphatic carbocycles. The Kier molecular flexibility index (Phi) is 7.53. The van der Waals surface area contributed by atoms with Crippen molar-refractivity contribution in [3.05, 3.63) is 30.3 Å². The fourth-order valence-corrected chi connectivity index (χ4v) is 2.37. The molecule has 18 heavy (non-hydrogen) atoms. The van der Waals surface area contributed by atoms with Crippen molar-refractivity contribution in [2.24, 2.45) is 5.73 Å². The Bertz CT molecular complexity index is 343. The van der Waals surface area contributed by atoms with Gasteiger partial charge in [0.15, 0.2) is 0 Å². The van der Waals surface area contributed by atoms with Gasteiger partial charge in [0.25, 0.3) is 0 Å². The summed E-state index contributed by atoms with van der Waals surface area (Å²) in [7, 11) is 0. The number of benzene rings is 1. The summed E-state index contributed by atoms with van der Waals surface area (Å²) in [5.41, 5.74) is 5.65. The van der Waals surface area contributed by atoms with Gasteiger partial charge in [-0.05, 0) is 18.6 Å². The lowest BCUT2D eigenvalue weighted by Crippen LogP contribution is -2.41. The lowest BCUT2D eigenvalue weighted by Gasteiger charge is -2.16. The first kappa shape index (κ1) is 15.1. The van der Waals surface area contributed by atoms with Crippen LogP contribution in [0, 0.1) is 0 Å². The third kappa shape index (κ3) is 6.07. The molecule has 0 saturated carbocycles. The first-order chi connectivity index (χ1) is 8.76. The first-order valence-electron chi connectivity index (χ1n) is 6.43. The number of hydrogen-bond acceptors (Lipinski definition) is 3. The molecule has 1 aromatic rings. The summed E-state index contributed by atoms with van der Waals surface area (Å²) >= 11 is 1.55. The van der Waals surface area contributed by atoms with Crippen molar-refractivity contribution in [3.63, 3.8) is 0 Å². The SMILES string of the molecule is CCCCC(CN)NC(=O)CSc1ccccc1. The number of carbonyl (C=O) groups is 1. The van der Waals surface area contributed by atoms with Crippen molar-refractivity contribution in [2.75, 3.05) is 12.3 Å². The lowest BCUT2D eigenvalue weighted by atomic mass is 10.1. The third-order valence-electron chi connectivity index (χ3n) is 2.67. The Morgan fingerprint density at radius 1 is 1.39 bits per heavy atom. The van der Waals surface area contributed by atoms with Gasteiger partial charge in [-0.3, -0.25) is 4.79 Å². The van der Waals surface area contributed by atoms with Crippen molar-refractivity contribution in [2.45, 2.75) is 37.1 Å². The van der Waals surface area contributed by atoms with Crippen molar-refractivity contribution in [1.82, 2.24) is 5.32 Å². The highest BCUT2D eigenvalue weighted by molar-refractivity contribution is 8.00. The summed E-state index contributed by atoms with van der Waals surface area (Å²) in [6.07, 6.45) is 3.20. The van der Waals surface area contributed by atoms with Gasteiger partial charge in [0.2, 0.25) is 5.91 Å². The largest absolute Gasteiger partial charge is 0.351 e. The van der Waals surface area contributed by atoms with Gasteiger partial charge in [-0.15, -0.1) is 11.8 Å². The predicted molar refractivity (Wildman–Crippen MR) is 77.7 cm³/mol. The molecule has 4 heteroatoms. The molecule has 0 aromatic heterocycles.